The molecule has 0 heterocycles. The van der Waals surface area contributed by atoms with Crippen LogP contribution >= 0.6 is 0 Å². The third kappa shape index (κ3) is 4.35. The SMILES string of the molecule is COCC(COC)NC(=O)c1cccc(OC)c1. The Morgan fingerprint density at radius 3 is 2.44 bits per heavy atom. The zero-order valence-corrected chi connectivity index (χ0v) is 10.9. The van der Waals surface area contributed by atoms with Gasteiger partial charge < -0.3 is 19.5 Å². The molecule has 1 rings (SSSR count). The minimum atomic E-state index is -0.173. The fourth-order valence-electron chi connectivity index (χ4n) is 1.57. The standard InChI is InChI=1S/C13H19NO4/c1-16-8-11(9-17-2)14-13(15)10-5-4-6-12(7-10)18-3/h4-7,11H,8-9H2,1-3H3,(H,14,15). The van der Waals surface area contributed by atoms with E-state index in [1.807, 2.05) is 0 Å². The van der Waals surface area contributed by atoms with E-state index in [-0.39, 0.29) is 11.9 Å². The van der Waals surface area contributed by atoms with Crippen molar-refractivity contribution in [1.82, 2.24) is 5.32 Å². The normalized spacial score (nSPS) is 10.4. The molecule has 0 saturated heterocycles. The van der Waals surface area contributed by atoms with Crippen molar-refractivity contribution >= 4 is 5.91 Å². The van der Waals surface area contributed by atoms with Crippen molar-refractivity contribution in [1.29, 1.82) is 0 Å². The second kappa shape index (κ2) is 7.68. The Morgan fingerprint density at radius 2 is 1.89 bits per heavy atom. The summed E-state index contributed by atoms with van der Waals surface area (Å²) in [5.74, 6) is 0.477. The highest BCUT2D eigenvalue weighted by molar-refractivity contribution is 5.94. The summed E-state index contributed by atoms with van der Waals surface area (Å²) in [5, 5.41) is 2.84. The summed E-state index contributed by atoms with van der Waals surface area (Å²) in [4.78, 5) is 12.0. The molecular weight excluding hydrogens is 234 g/mol. The Hall–Kier alpha value is -1.59. The summed E-state index contributed by atoms with van der Waals surface area (Å²) in [7, 11) is 4.73. The largest absolute Gasteiger partial charge is 0.497 e. The molecule has 0 saturated carbocycles. The number of carbonyl (C=O) groups excluding carboxylic acids is 1. The van der Waals surface area contributed by atoms with E-state index in [0.29, 0.717) is 24.5 Å². The fraction of sp³-hybridized carbons (Fsp3) is 0.462. The Kier molecular flexibility index (Phi) is 6.18. The van der Waals surface area contributed by atoms with Gasteiger partial charge in [0, 0.05) is 19.8 Å². The van der Waals surface area contributed by atoms with Crippen molar-refractivity contribution < 1.29 is 19.0 Å². The van der Waals surface area contributed by atoms with Gasteiger partial charge in [0.05, 0.1) is 26.4 Å². The molecule has 0 unspecified atom stereocenters. The van der Waals surface area contributed by atoms with E-state index in [2.05, 4.69) is 5.32 Å². The topological polar surface area (TPSA) is 56.8 Å². The van der Waals surface area contributed by atoms with Crippen LogP contribution in [0.25, 0.3) is 0 Å². The molecule has 5 heteroatoms. The van der Waals surface area contributed by atoms with Crippen molar-refractivity contribution in [2.45, 2.75) is 6.04 Å². The third-order valence-electron chi connectivity index (χ3n) is 2.40. The van der Waals surface area contributed by atoms with E-state index in [4.69, 9.17) is 14.2 Å². The van der Waals surface area contributed by atoms with Gasteiger partial charge in [-0.05, 0) is 18.2 Å². The zero-order chi connectivity index (χ0) is 13.4. The maximum atomic E-state index is 12.0. The average molecular weight is 253 g/mol. The van der Waals surface area contributed by atoms with Gasteiger partial charge in [-0.25, -0.2) is 0 Å². The molecule has 0 atom stereocenters. The molecule has 0 aliphatic rings. The lowest BCUT2D eigenvalue weighted by Gasteiger charge is -2.17. The molecule has 0 bridgehead atoms. The van der Waals surface area contributed by atoms with E-state index >= 15 is 0 Å². The van der Waals surface area contributed by atoms with Crippen LogP contribution in [0.2, 0.25) is 0 Å². The summed E-state index contributed by atoms with van der Waals surface area (Å²) in [6, 6.07) is 6.81. The number of carbonyl (C=O) groups is 1. The second-order valence-electron chi connectivity index (χ2n) is 3.81. The highest BCUT2D eigenvalue weighted by Gasteiger charge is 2.13. The molecule has 100 valence electrons. The van der Waals surface area contributed by atoms with E-state index in [1.54, 1.807) is 45.6 Å². The van der Waals surface area contributed by atoms with E-state index in [0.717, 1.165) is 0 Å². The van der Waals surface area contributed by atoms with Gasteiger partial charge in [-0.2, -0.15) is 0 Å². The van der Waals surface area contributed by atoms with Gasteiger partial charge in [-0.1, -0.05) is 6.07 Å². The van der Waals surface area contributed by atoms with E-state index < -0.39 is 0 Å². The highest BCUT2D eigenvalue weighted by Crippen LogP contribution is 2.12. The van der Waals surface area contributed by atoms with Crippen LogP contribution in [0.15, 0.2) is 24.3 Å². The van der Waals surface area contributed by atoms with Crippen molar-refractivity contribution in [3.05, 3.63) is 29.8 Å². The summed E-state index contributed by atoms with van der Waals surface area (Å²) >= 11 is 0. The maximum absolute atomic E-state index is 12.0. The first-order chi connectivity index (χ1) is 8.71. The number of hydrogen-bond acceptors (Lipinski definition) is 4. The molecule has 0 aliphatic heterocycles. The zero-order valence-electron chi connectivity index (χ0n) is 10.9. The van der Waals surface area contributed by atoms with Gasteiger partial charge in [-0.3, -0.25) is 4.79 Å². The first kappa shape index (κ1) is 14.5. The molecule has 1 aromatic rings. The summed E-state index contributed by atoms with van der Waals surface area (Å²) in [6.45, 7) is 0.813. The number of hydrogen-bond donors (Lipinski definition) is 1. The van der Waals surface area contributed by atoms with Crippen LogP contribution in [0.1, 0.15) is 10.4 Å². The molecule has 1 amide bonds. The first-order valence-electron chi connectivity index (χ1n) is 5.64. The Morgan fingerprint density at radius 1 is 1.22 bits per heavy atom. The molecule has 5 nitrogen and oxygen atoms in total. The van der Waals surface area contributed by atoms with Gasteiger partial charge in [0.15, 0.2) is 0 Å². The number of ether oxygens (including phenoxy) is 3. The van der Waals surface area contributed by atoms with E-state index in [1.165, 1.54) is 0 Å². The first-order valence-corrected chi connectivity index (χ1v) is 5.64. The molecular formula is C13H19NO4. The number of rotatable bonds is 7. The fourth-order valence-corrected chi connectivity index (χ4v) is 1.57. The Balaban J connectivity index is 2.67. The minimum absolute atomic E-state index is 0.168. The molecule has 1 aromatic carbocycles. The summed E-state index contributed by atoms with van der Waals surface area (Å²) < 4.78 is 15.1. The molecule has 0 fully saturated rings. The number of benzene rings is 1. The molecule has 0 spiro atoms. The second-order valence-corrected chi connectivity index (χ2v) is 3.81. The van der Waals surface area contributed by atoms with Gasteiger partial charge in [0.2, 0.25) is 0 Å². The molecule has 1 N–H and O–H groups in total. The summed E-state index contributed by atoms with van der Waals surface area (Å²) in [6.07, 6.45) is 0. The molecule has 0 aliphatic carbocycles. The predicted molar refractivity (Wildman–Crippen MR) is 68.0 cm³/mol. The lowest BCUT2D eigenvalue weighted by atomic mass is 10.2. The third-order valence-corrected chi connectivity index (χ3v) is 2.40. The highest BCUT2D eigenvalue weighted by atomic mass is 16.5. The Labute approximate surface area is 107 Å². The van der Waals surface area contributed by atoms with Gasteiger partial charge in [0.25, 0.3) is 5.91 Å². The Bertz CT molecular complexity index is 375. The van der Waals surface area contributed by atoms with Gasteiger partial charge >= 0.3 is 0 Å². The monoisotopic (exact) mass is 253 g/mol. The number of methoxy groups -OCH3 is 3. The smallest absolute Gasteiger partial charge is 0.251 e. The minimum Gasteiger partial charge on any atom is -0.497 e. The van der Waals surface area contributed by atoms with Crippen molar-refractivity contribution in [2.24, 2.45) is 0 Å². The number of nitrogens with one attached hydrogen (secondary N) is 1. The predicted octanol–water partition coefficient (Wildman–Crippen LogP) is 1.09. The molecule has 0 aromatic heterocycles. The quantitative estimate of drug-likeness (QED) is 0.790. The van der Waals surface area contributed by atoms with Crippen LogP contribution < -0.4 is 10.1 Å². The van der Waals surface area contributed by atoms with Crippen LogP contribution in [0.5, 0.6) is 5.75 Å². The lowest BCUT2D eigenvalue weighted by molar-refractivity contribution is 0.0779. The number of amides is 1. The summed E-state index contributed by atoms with van der Waals surface area (Å²) in [5.41, 5.74) is 0.548. The molecule has 0 radical (unpaired) electrons. The lowest BCUT2D eigenvalue weighted by Crippen LogP contribution is -2.41. The van der Waals surface area contributed by atoms with Crippen LogP contribution in [-0.2, 0) is 9.47 Å². The van der Waals surface area contributed by atoms with Crippen molar-refractivity contribution in [3.63, 3.8) is 0 Å². The average Bonchev–Trinajstić information content (AvgIpc) is 2.39. The van der Waals surface area contributed by atoms with E-state index in [9.17, 15) is 4.79 Å². The van der Waals surface area contributed by atoms with Crippen molar-refractivity contribution in [3.8, 4) is 5.75 Å². The molecule has 18 heavy (non-hydrogen) atoms. The maximum Gasteiger partial charge on any atom is 0.251 e. The van der Waals surface area contributed by atoms with Gasteiger partial charge in [0.1, 0.15) is 5.75 Å². The van der Waals surface area contributed by atoms with Gasteiger partial charge in [-0.15, -0.1) is 0 Å². The van der Waals surface area contributed by atoms with Crippen LogP contribution in [0.3, 0.4) is 0 Å². The van der Waals surface area contributed by atoms with Crippen molar-refractivity contribution in [2.75, 3.05) is 34.5 Å². The van der Waals surface area contributed by atoms with Crippen LogP contribution in [0.4, 0.5) is 0 Å². The van der Waals surface area contributed by atoms with Crippen LogP contribution in [0, 0.1) is 0 Å². The van der Waals surface area contributed by atoms with Crippen LogP contribution in [-0.4, -0.2) is 46.5 Å².